The van der Waals surface area contributed by atoms with Crippen molar-refractivity contribution in [1.29, 1.82) is 0 Å². The van der Waals surface area contributed by atoms with Crippen molar-refractivity contribution in [3.63, 3.8) is 0 Å². The predicted octanol–water partition coefficient (Wildman–Crippen LogP) is 18.2. The van der Waals surface area contributed by atoms with E-state index in [1.54, 1.807) is 43.5 Å². The Kier molecular flexibility index (Phi) is 14.2. The van der Waals surface area contributed by atoms with E-state index in [9.17, 15) is 9.59 Å². The molecule has 0 heterocycles. The van der Waals surface area contributed by atoms with Gasteiger partial charge in [-0.2, -0.15) is 26.3 Å². The highest BCUT2D eigenvalue weighted by Gasteiger charge is 2.72. The molecule has 0 atom stereocenters. The monoisotopic (exact) mass is 1100 g/mol. The smallest absolute Gasteiger partial charge is 0.411 e. The fraction of sp³-hybridized carbons (Fsp3) is 0.114. The number of carbonyl (C=O) groups excluding carboxylic acids is 2. The molecule has 10 aromatic rings. The Morgan fingerprint density at radius 1 is 0.378 bits per heavy atom. The minimum absolute atomic E-state index is 0.0271. The van der Waals surface area contributed by atoms with E-state index < -0.39 is 34.3 Å². The Bertz CT molecular complexity index is 3940. The van der Waals surface area contributed by atoms with Gasteiger partial charge in [-0.3, -0.25) is 9.59 Å². The van der Waals surface area contributed by atoms with Crippen molar-refractivity contribution in [2.75, 3.05) is 7.11 Å². The number of carbonyl (C=O) groups is 2. The van der Waals surface area contributed by atoms with Crippen LogP contribution in [0.5, 0.6) is 40.2 Å². The number of fused-ring (bicyclic) bond motifs is 3. The molecule has 0 N–H and O–H groups in total. The van der Waals surface area contributed by atoms with Crippen molar-refractivity contribution >= 4 is 11.6 Å². The Balaban J connectivity index is 0.764. The molecule has 6 nitrogen and oxygen atoms in total. The molecular formula is C70H50F6O6. The Labute approximate surface area is 469 Å². The van der Waals surface area contributed by atoms with Crippen LogP contribution in [-0.4, -0.2) is 31.0 Å². The zero-order valence-corrected chi connectivity index (χ0v) is 44.7. The number of ketones is 2. The van der Waals surface area contributed by atoms with Crippen LogP contribution in [0.1, 0.15) is 81.9 Å². The van der Waals surface area contributed by atoms with E-state index >= 15 is 26.3 Å². The van der Waals surface area contributed by atoms with Gasteiger partial charge in [0.2, 0.25) is 5.41 Å². The van der Waals surface area contributed by atoms with E-state index in [0.717, 1.165) is 82.1 Å². The first-order valence-electron chi connectivity index (χ1n) is 26.2. The second kappa shape index (κ2) is 21.4. The summed E-state index contributed by atoms with van der Waals surface area (Å²) >= 11 is 0. The molecule has 82 heavy (non-hydrogen) atoms. The zero-order valence-electron chi connectivity index (χ0n) is 44.7. The molecule has 1 aliphatic carbocycles. The van der Waals surface area contributed by atoms with Gasteiger partial charge in [0, 0.05) is 22.3 Å². The third-order valence-corrected chi connectivity index (χ3v) is 15.2. The number of ether oxygens (including phenoxy) is 4. The Hall–Kier alpha value is -9.68. The Morgan fingerprint density at radius 3 is 1.06 bits per heavy atom. The van der Waals surface area contributed by atoms with Gasteiger partial charge in [-0.15, -0.1) is 0 Å². The van der Waals surface area contributed by atoms with Crippen molar-refractivity contribution in [3.05, 3.63) is 303 Å². The van der Waals surface area contributed by atoms with Crippen molar-refractivity contribution in [2.45, 2.75) is 44.0 Å². The molecule has 0 unspecified atom stereocenters. The lowest BCUT2D eigenvalue weighted by atomic mass is 9.67. The summed E-state index contributed by atoms with van der Waals surface area (Å²) in [4.78, 5) is 26.6. The van der Waals surface area contributed by atoms with Crippen LogP contribution in [0.15, 0.2) is 231 Å². The topological polar surface area (TPSA) is 71.1 Å². The number of hydrogen-bond acceptors (Lipinski definition) is 6. The molecule has 0 aromatic heterocycles. The van der Waals surface area contributed by atoms with E-state index in [1.165, 1.54) is 70.8 Å². The molecule has 0 saturated carbocycles. The summed E-state index contributed by atoms with van der Waals surface area (Å²) in [6.07, 6.45) is -11.7. The van der Waals surface area contributed by atoms with Crippen molar-refractivity contribution in [3.8, 4) is 51.4 Å². The van der Waals surface area contributed by atoms with Crippen molar-refractivity contribution < 1.29 is 54.9 Å². The third-order valence-electron chi connectivity index (χ3n) is 15.2. The van der Waals surface area contributed by atoms with Crippen LogP contribution in [0.25, 0.3) is 11.1 Å². The lowest BCUT2D eigenvalue weighted by Gasteiger charge is -2.38. The van der Waals surface area contributed by atoms with E-state index in [2.05, 4.69) is 79.7 Å². The van der Waals surface area contributed by atoms with Crippen LogP contribution in [0, 0.1) is 20.8 Å². The lowest BCUT2D eigenvalue weighted by Crippen LogP contribution is -2.54. The fourth-order valence-electron chi connectivity index (χ4n) is 11.1. The number of methoxy groups -OCH3 is 1. The summed E-state index contributed by atoms with van der Waals surface area (Å²) in [7, 11) is 1.67. The molecule has 0 saturated heterocycles. The highest BCUT2D eigenvalue weighted by Crippen LogP contribution is 2.58. The maximum atomic E-state index is 15.1. The van der Waals surface area contributed by atoms with Gasteiger partial charge in [-0.1, -0.05) is 127 Å². The van der Waals surface area contributed by atoms with E-state index in [4.69, 9.17) is 18.9 Å². The number of aryl methyl sites for hydroxylation is 3. The molecule has 0 amide bonds. The minimum atomic E-state index is -5.84. The Morgan fingerprint density at radius 2 is 0.707 bits per heavy atom. The first kappa shape index (κ1) is 54.3. The molecule has 12 heteroatoms. The molecule has 0 fully saturated rings. The highest BCUT2D eigenvalue weighted by atomic mass is 19.4. The van der Waals surface area contributed by atoms with Gasteiger partial charge < -0.3 is 18.9 Å². The van der Waals surface area contributed by atoms with E-state index in [-0.39, 0.29) is 34.6 Å². The third kappa shape index (κ3) is 9.73. The van der Waals surface area contributed by atoms with Gasteiger partial charge in [0.05, 0.1) is 12.5 Å². The van der Waals surface area contributed by atoms with Crippen molar-refractivity contribution in [1.82, 2.24) is 0 Å². The molecule has 11 rings (SSSR count). The van der Waals surface area contributed by atoms with Crippen LogP contribution in [-0.2, 0) is 10.8 Å². The van der Waals surface area contributed by atoms with Gasteiger partial charge in [-0.05, 0) is 186 Å². The van der Waals surface area contributed by atoms with Gasteiger partial charge in [0.15, 0.2) is 11.6 Å². The van der Waals surface area contributed by atoms with E-state index in [0.29, 0.717) is 33.8 Å². The molecule has 0 bridgehead atoms. The van der Waals surface area contributed by atoms with Gasteiger partial charge >= 0.3 is 12.4 Å². The normalized spacial score (nSPS) is 12.7. The standard InChI is InChI=1S/C70H50F6O6/c1-43-13-15-46(16-14-43)65(77)47-17-29-54(30-18-47)80-56-35-23-50(24-36-56)68(69(71,72)73,70(74,75)76)51-25-37-57(38-26-51)81-55-31-19-48(20-32-55)66(78)49-21-33-58(34-22-49)82-64-40-28-53(42-45(64)3)67(52-27-39-63(79-4)44(2)41-52)61-11-7-5-9-59(61)60-10-6-8-12-62(60)67/h5-42H,1-4H3. The lowest BCUT2D eigenvalue weighted by molar-refractivity contribution is -0.288. The average Bonchev–Trinajstić information content (AvgIpc) is 1.72. The first-order chi connectivity index (χ1) is 39.4. The van der Waals surface area contributed by atoms with Crippen LogP contribution >= 0.6 is 0 Å². The largest absolute Gasteiger partial charge is 0.496 e. The number of hydrogen-bond donors (Lipinski definition) is 0. The molecule has 0 spiro atoms. The predicted molar refractivity (Wildman–Crippen MR) is 303 cm³/mol. The average molecular weight is 1100 g/mol. The summed E-state index contributed by atoms with van der Waals surface area (Å²) in [5.41, 5.74) is 4.09. The SMILES string of the molecule is COc1ccc(C2(c3ccc(Oc4ccc(C(=O)c5ccc(Oc6ccc(C(c7ccc(Oc8ccc(C(=O)c9ccc(C)cc9)cc8)cc7)(C(F)(F)F)C(F)(F)F)cc6)cc5)cc4)c(C)c3)c3ccccc3-c3ccccc32)cc1C. The van der Waals surface area contributed by atoms with Gasteiger partial charge in [0.25, 0.3) is 0 Å². The van der Waals surface area contributed by atoms with Crippen LogP contribution < -0.4 is 18.9 Å². The minimum Gasteiger partial charge on any atom is -0.496 e. The summed E-state index contributed by atoms with van der Waals surface area (Å²) in [6.45, 7) is 5.95. The van der Waals surface area contributed by atoms with E-state index in [1.807, 2.05) is 38.1 Å². The van der Waals surface area contributed by atoms with Crippen molar-refractivity contribution in [2.24, 2.45) is 0 Å². The summed E-state index contributed by atoms with van der Waals surface area (Å²) in [5.74, 6) is 1.74. The highest BCUT2D eigenvalue weighted by molar-refractivity contribution is 6.09. The molecular weight excluding hydrogens is 1050 g/mol. The van der Waals surface area contributed by atoms with Crippen LogP contribution in [0.4, 0.5) is 26.3 Å². The number of alkyl halides is 6. The molecule has 0 radical (unpaired) electrons. The fourth-order valence-corrected chi connectivity index (χ4v) is 11.1. The first-order valence-corrected chi connectivity index (χ1v) is 26.2. The molecule has 10 aromatic carbocycles. The quantitative estimate of drug-likeness (QED) is 0.0752. The summed E-state index contributed by atoms with van der Waals surface area (Å²) in [6, 6.07) is 62.4. The number of halogens is 6. The van der Waals surface area contributed by atoms with Crippen LogP contribution in [0.2, 0.25) is 0 Å². The zero-order chi connectivity index (χ0) is 57.6. The van der Waals surface area contributed by atoms with Gasteiger partial charge in [0.1, 0.15) is 40.2 Å². The number of rotatable bonds is 15. The molecule has 408 valence electrons. The van der Waals surface area contributed by atoms with Crippen LogP contribution in [0.3, 0.4) is 0 Å². The molecule has 0 aliphatic heterocycles. The summed E-state index contributed by atoms with van der Waals surface area (Å²) in [5, 5.41) is 0. The van der Waals surface area contributed by atoms with Gasteiger partial charge in [-0.25, -0.2) is 0 Å². The maximum Gasteiger partial charge on any atom is 0.411 e. The molecule has 1 aliphatic rings. The summed E-state index contributed by atoms with van der Waals surface area (Å²) < 4.78 is 114. The second-order valence-corrected chi connectivity index (χ2v) is 20.2. The number of benzene rings is 10. The second-order valence-electron chi connectivity index (χ2n) is 20.2. The maximum absolute atomic E-state index is 15.1.